The van der Waals surface area contributed by atoms with Crippen LogP contribution in [0, 0.1) is 0 Å². The lowest BCUT2D eigenvalue weighted by Crippen LogP contribution is -2.25. The number of aromatic nitrogens is 1. The van der Waals surface area contributed by atoms with Crippen LogP contribution in [0.15, 0.2) is 17.5 Å². The lowest BCUT2D eigenvalue weighted by atomic mass is 9.91. The smallest absolute Gasteiger partial charge is 0.0983 e. The van der Waals surface area contributed by atoms with Crippen molar-refractivity contribution in [2.45, 2.75) is 50.5 Å². The third-order valence-electron chi connectivity index (χ3n) is 4.25. The second-order valence-electron chi connectivity index (χ2n) is 5.94. The van der Waals surface area contributed by atoms with Gasteiger partial charge in [0.25, 0.3) is 0 Å². The molecular weight excluding hydrogens is 284 g/mol. The van der Waals surface area contributed by atoms with Gasteiger partial charge in [0.15, 0.2) is 0 Å². The molecule has 2 aliphatic rings. The number of fused-ring (bicyclic) bond motifs is 1. The first-order chi connectivity index (χ1) is 9.88. The van der Waals surface area contributed by atoms with E-state index in [0.717, 1.165) is 19.0 Å². The van der Waals surface area contributed by atoms with E-state index in [-0.39, 0.29) is 0 Å². The quantitative estimate of drug-likeness (QED) is 0.904. The van der Waals surface area contributed by atoms with Gasteiger partial charge in [0.1, 0.15) is 0 Å². The standard InChI is InChI=1S/C16H20N2S2/c1-3-11(10-17-12-6-7-12)16-14(5-1)20-15(18-16)9-13-4-2-8-19-13/h2,4,8,11-12,17H,1,3,5-7,9-10H2. The Balaban J connectivity index is 1.50. The summed E-state index contributed by atoms with van der Waals surface area (Å²) in [5, 5.41) is 7.16. The van der Waals surface area contributed by atoms with Gasteiger partial charge in [0.2, 0.25) is 0 Å². The molecule has 2 aliphatic carbocycles. The van der Waals surface area contributed by atoms with Crippen molar-refractivity contribution < 1.29 is 0 Å². The predicted molar refractivity (Wildman–Crippen MR) is 85.9 cm³/mol. The van der Waals surface area contributed by atoms with E-state index in [1.165, 1.54) is 47.7 Å². The third kappa shape index (κ3) is 2.83. The highest BCUT2D eigenvalue weighted by molar-refractivity contribution is 7.12. The van der Waals surface area contributed by atoms with Gasteiger partial charge in [-0.05, 0) is 43.6 Å². The highest BCUT2D eigenvalue weighted by atomic mass is 32.1. The van der Waals surface area contributed by atoms with Crippen LogP contribution in [0.4, 0.5) is 0 Å². The molecule has 0 aromatic carbocycles. The first kappa shape index (κ1) is 13.0. The summed E-state index contributed by atoms with van der Waals surface area (Å²) >= 11 is 3.80. The van der Waals surface area contributed by atoms with E-state index >= 15 is 0 Å². The molecule has 0 bridgehead atoms. The van der Waals surface area contributed by atoms with Crippen molar-refractivity contribution in [1.29, 1.82) is 0 Å². The van der Waals surface area contributed by atoms with E-state index in [4.69, 9.17) is 4.98 Å². The molecular formula is C16H20N2S2. The van der Waals surface area contributed by atoms with E-state index in [0.29, 0.717) is 5.92 Å². The Labute approximate surface area is 128 Å². The van der Waals surface area contributed by atoms with Crippen LogP contribution in [0.3, 0.4) is 0 Å². The monoisotopic (exact) mass is 304 g/mol. The van der Waals surface area contributed by atoms with Gasteiger partial charge in [-0.3, -0.25) is 0 Å². The molecule has 0 radical (unpaired) electrons. The van der Waals surface area contributed by atoms with E-state index in [2.05, 4.69) is 22.8 Å². The highest BCUT2D eigenvalue weighted by Gasteiger charge is 2.27. The summed E-state index contributed by atoms with van der Waals surface area (Å²) in [6.07, 6.45) is 7.68. The van der Waals surface area contributed by atoms with Gasteiger partial charge in [-0.1, -0.05) is 6.07 Å². The van der Waals surface area contributed by atoms with Crippen molar-refractivity contribution >= 4 is 22.7 Å². The normalized spacial score (nSPS) is 21.9. The summed E-state index contributed by atoms with van der Waals surface area (Å²) in [5.74, 6) is 0.660. The molecule has 4 rings (SSSR count). The van der Waals surface area contributed by atoms with Crippen molar-refractivity contribution in [3.63, 3.8) is 0 Å². The maximum Gasteiger partial charge on any atom is 0.0983 e. The number of aryl methyl sites for hydroxylation is 1. The van der Waals surface area contributed by atoms with Crippen molar-refractivity contribution in [1.82, 2.24) is 10.3 Å². The Morgan fingerprint density at radius 3 is 3.05 bits per heavy atom. The SMILES string of the molecule is c1csc(Cc2nc3c(s2)CCCC3CNC2CC2)c1. The summed E-state index contributed by atoms with van der Waals surface area (Å²) in [6, 6.07) is 5.16. The molecule has 1 unspecified atom stereocenters. The van der Waals surface area contributed by atoms with Gasteiger partial charge in [0, 0.05) is 34.7 Å². The highest BCUT2D eigenvalue weighted by Crippen LogP contribution is 2.36. The first-order valence-electron chi connectivity index (χ1n) is 7.63. The molecule has 2 heterocycles. The van der Waals surface area contributed by atoms with Crippen LogP contribution in [0.5, 0.6) is 0 Å². The second-order valence-corrected chi connectivity index (χ2v) is 8.14. The van der Waals surface area contributed by atoms with Crippen LogP contribution < -0.4 is 5.32 Å². The number of nitrogens with one attached hydrogen (secondary N) is 1. The van der Waals surface area contributed by atoms with E-state index in [1.807, 2.05) is 22.7 Å². The van der Waals surface area contributed by atoms with Crippen LogP contribution >= 0.6 is 22.7 Å². The minimum absolute atomic E-state index is 0.660. The molecule has 0 saturated heterocycles. The molecule has 2 aromatic rings. The number of hydrogen-bond acceptors (Lipinski definition) is 4. The minimum Gasteiger partial charge on any atom is -0.313 e. The summed E-state index contributed by atoms with van der Waals surface area (Å²) in [4.78, 5) is 7.99. The van der Waals surface area contributed by atoms with Gasteiger partial charge in [-0.2, -0.15) is 0 Å². The van der Waals surface area contributed by atoms with Gasteiger partial charge in [0.05, 0.1) is 10.7 Å². The maximum absolute atomic E-state index is 4.99. The molecule has 0 spiro atoms. The molecule has 106 valence electrons. The van der Waals surface area contributed by atoms with Gasteiger partial charge in [-0.15, -0.1) is 22.7 Å². The van der Waals surface area contributed by atoms with Crippen LogP contribution in [0.1, 0.15) is 52.1 Å². The number of thiazole rings is 1. The molecule has 1 saturated carbocycles. The Kier molecular flexibility index (Phi) is 3.63. The Hall–Kier alpha value is -0.710. The average molecular weight is 304 g/mol. The van der Waals surface area contributed by atoms with E-state index in [9.17, 15) is 0 Å². The Morgan fingerprint density at radius 2 is 2.25 bits per heavy atom. The molecule has 1 atom stereocenters. The van der Waals surface area contributed by atoms with E-state index < -0.39 is 0 Å². The van der Waals surface area contributed by atoms with Gasteiger partial charge < -0.3 is 5.32 Å². The Bertz CT molecular complexity index is 569. The van der Waals surface area contributed by atoms with Crippen LogP contribution in [0.2, 0.25) is 0 Å². The molecule has 0 aliphatic heterocycles. The fourth-order valence-corrected chi connectivity index (χ4v) is 5.01. The zero-order valence-corrected chi connectivity index (χ0v) is 13.2. The van der Waals surface area contributed by atoms with Crippen molar-refractivity contribution in [2.24, 2.45) is 0 Å². The topological polar surface area (TPSA) is 24.9 Å². The zero-order valence-electron chi connectivity index (χ0n) is 11.6. The molecule has 2 aromatic heterocycles. The number of nitrogens with zero attached hydrogens (tertiary/aromatic N) is 1. The van der Waals surface area contributed by atoms with Gasteiger partial charge in [-0.25, -0.2) is 4.98 Å². The molecule has 1 N–H and O–H groups in total. The van der Waals surface area contributed by atoms with E-state index in [1.54, 1.807) is 4.88 Å². The number of hydrogen-bond donors (Lipinski definition) is 1. The average Bonchev–Trinajstić information content (AvgIpc) is 2.97. The second kappa shape index (κ2) is 5.58. The summed E-state index contributed by atoms with van der Waals surface area (Å²) in [6.45, 7) is 1.14. The molecule has 2 nitrogen and oxygen atoms in total. The first-order valence-corrected chi connectivity index (χ1v) is 9.32. The largest absolute Gasteiger partial charge is 0.313 e. The maximum atomic E-state index is 4.99. The van der Waals surface area contributed by atoms with Crippen molar-refractivity contribution in [3.8, 4) is 0 Å². The van der Waals surface area contributed by atoms with Crippen molar-refractivity contribution in [2.75, 3.05) is 6.54 Å². The minimum atomic E-state index is 0.660. The molecule has 20 heavy (non-hydrogen) atoms. The fraction of sp³-hybridized carbons (Fsp3) is 0.562. The Morgan fingerprint density at radius 1 is 1.30 bits per heavy atom. The predicted octanol–water partition coefficient (Wildman–Crippen LogP) is 3.97. The molecule has 0 amide bonds. The zero-order chi connectivity index (χ0) is 13.4. The van der Waals surface area contributed by atoms with Crippen molar-refractivity contribution in [3.05, 3.63) is 38.0 Å². The summed E-state index contributed by atoms with van der Waals surface area (Å²) in [5.41, 5.74) is 1.42. The molecule has 1 fully saturated rings. The fourth-order valence-electron chi connectivity index (χ4n) is 2.99. The van der Waals surface area contributed by atoms with Crippen LogP contribution in [-0.4, -0.2) is 17.6 Å². The third-order valence-corrected chi connectivity index (χ3v) is 6.26. The van der Waals surface area contributed by atoms with Crippen LogP contribution in [0.25, 0.3) is 0 Å². The molecule has 4 heteroatoms. The van der Waals surface area contributed by atoms with Crippen LogP contribution in [-0.2, 0) is 12.8 Å². The summed E-state index contributed by atoms with van der Waals surface area (Å²) in [7, 11) is 0. The summed E-state index contributed by atoms with van der Waals surface area (Å²) < 4.78 is 0. The van der Waals surface area contributed by atoms with Gasteiger partial charge >= 0.3 is 0 Å². The lowest BCUT2D eigenvalue weighted by molar-refractivity contribution is 0.500. The lowest BCUT2D eigenvalue weighted by Gasteiger charge is -2.21. The number of rotatable bonds is 5. The number of thiophene rings is 1.